The smallest absolute Gasteiger partial charge is 0.233 e. The topological polar surface area (TPSA) is 41.1 Å². The van der Waals surface area contributed by atoms with Crippen molar-refractivity contribution in [3.05, 3.63) is 35.9 Å². The van der Waals surface area contributed by atoms with Crippen LogP contribution < -0.4 is 10.6 Å². The van der Waals surface area contributed by atoms with Crippen LogP contribution in [0.3, 0.4) is 0 Å². The van der Waals surface area contributed by atoms with E-state index in [1.165, 1.54) is 5.56 Å². The van der Waals surface area contributed by atoms with E-state index in [0.29, 0.717) is 24.9 Å². The van der Waals surface area contributed by atoms with Crippen LogP contribution in [-0.4, -0.2) is 26.0 Å². The molecule has 0 heterocycles. The van der Waals surface area contributed by atoms with Crippen molar-refractivity contribution in [1.29, 1.82) is 0 Å². The molecule has 3 heteroatoms. The molecule has 1 rings (SSSR count). The van der Waals surface area contributed by atoms with Crippen LogP contribution in [-0.2, 0) is 4.79 Å². The second-order valence-corrected chi connectivity index (χ2v) is 4.60. The van der Waals surface area contributed by atoms with Gasteiger partial charge in [0.1, 0.15) is 0 Å². The van der Waals surface area contributed by atoms with E-state index < -0.39 is 0 Å². The Morgan fingerprint density at radius 3 is 2.41 bits per heavy atom. The van der Waals surface area contributed by atoms with Gasteiger partial charge in [0, 0.05) is 12.5 Å². The highest BCUT2D eigenvalue weighted by atomic mass is 16.1. The van der Waals surface area contributed by atoms with E-state index in [-0.39, 0.29) is 5.91 Å². The summed E-state index contributed by atoms with van der Waals surface area (Å²) < 4.78 is 0. The van der Waals surface area contributed by atoms with Gasteiger partial charge in [0.15, 0.2) is 0 Å². The van der Waals surface area contributed by atoms with Gasteiger partial charge in [0.25, 0.3) is 0 Å². The maximum atomic E-state index is 11.4. The molecule has 0 aliphatic heterocycles. The Morgan fingerprint density at radius 2 is 1.88 bits per heavy atom. The van der Waals surface area contributed by atoms with E-state index in [4.69, 9.17) is 0 Å². The molecule has 1 atom stereocenters. The zero-order valence-electron chi connectivity index (χ0n) is 10.9. The van der Waals surface area contributed by atoms with Gasteiger partial charge in [0.05, 0.1) is 6.54 Å². The monoisotopic (exact) mass is 234 g/mol. The van der Waals surface area contributed by atoms with Gasteiger partial charge in [-0.15, -0.1) is 0 Å². The fraction of sp³-hybridized carbons (Fsp3) is 0.500. The second-order valence-electron chi connectivity index (χ2n) is 4.60. The lowest BCUT2D eigenvalue weighted by atomic mass is 9.88. The minimum Gasteiger partial charge on any atom is -0.354 e. The Balaban J connectivity index is 2.59. The zero-order chi connectivity index (χ0) is 12.7. The molecular formula is C14H22N2O. The Morgan fingerprint density at radius 1 is 1.24 bits per heavy atom. The number of carbonyl (C=O) groups excluding carboxylic acids is 1. The molecule has 1 amide bonds. The first-order chi connectivity index (χ1) is 8.15. The minimum absolute atomic E-state index is 0.0501. The molecule has 0 aliphatic carbocycles. The molecule has 0 radical (unpaired) electrons. The zero-order valence-corrected chi connectivity index (χ0v) is 10.9. The standard InChI is InChI=1S/C14H22N2O/c1-11(2)13(9-16-14(17)10-15-3)12-7-5-4-6-8-12/h4-8,11,13,15H,9-10H2,1-3H3,(H,16,17). The van der Waals surface area contributed by atoms with Crippen LogP contribution >= 0.6 is 0 Å². The molecule has 1 aromatic carbocycles. The van der Waals surface area contributed by atoms with Crippen molar-refractivity contribution < 1.29 is 4.79 Å². The fourth-order valence-electron chi connectivity index (χ4n) is 1.89. The average Bonchev–Trinajstić information content (AvgIpc) is 2.30. The highest BCUT2D eigenvalue weighted by molar-refractivity contribution is 5.77. The van der Waals surface area contributed by atoms with E-state index in [2.05, 4.69) is 36.6 Å². The summed E-state index contributed by atoms with van der Waals surface area (Å²) in [4.78, 5) is 11.4. The number of hydrogen-bond acceptors (Lipinski definition) is 2. The number of likely N-dealkylation sites (N-methyl/N-ethyl adjacent to an activating group) is 1. The Bertz CT molecular complexity index is 335. The maximum Gasteiger partial charge on any atom is 0.233 e. The molecule has 94 valence electrons. The molecule has 0 aromatic heterocycles. The van der Waals surface area contributed by atoms with Gasteiger partial charge in [-0.05, 0) is 18.5 Å². The number of amides is 1. The average molecular weight is 234 g/mol. The van der Waals surface area contributed by atoms with E-state index in [9.17, 15) is 4.79 Å². The van der Waals surface area contributed by atoms with E-state index in [1.54, 1.807) is 7.05 Å². The first kappa shape index (κ1) is 13.7. The summed E-state index contributed by atoms with van der Waals surface area (Å²) in [6.45, 7) is 5.44. The molecule has 0 saturated heterocycles. The van der Waals surface area contributed by atoms with Gasteiger partial charge >= 0.3 is 0 Å². The molecular weight excluding hydrogens is 212 g/mol. The maximum absolute atomic E-state index is 11.4. The van der Waals surface area contributed by atoms with Crippen LogP contribution in [0.5, 0.6) is 0 Å². The van der Waals surface area contributed by atoms with Gasteiger partial charge < -0.3 is 10.6 Å². The third kappa shape index (κ3) is 4.57. The normalized spacial score (nSPS) is 12.5. The molecule has 3 nitrogen and oxygen atoms in total. The van der Waals surface area contributed by atoms with E-state index >= 15 is 0 Å². The van der Waals surface area contributed by atoms with Crippen LogP contribution in [0.4, 0.5) is 0 Å². The Hall–Kier alpha value is -1.35. The number of rotatable bonds is 6. The minimum atomic E-state index is 0.0501. The molecule has 0 saturated carbocycles. The molecule has 17 heavy (non-hydrogen) atoms. The van der Waals surface area contributed by atoms with Gasteiger partial charge in [0.2, 0.25) is 5.91 Å². The van der Waals surface area contributed by atoms with Crippen LogP contribution in [0.25, 0.3) is 0 Å². The lowest BCUT2D eigenvalue weighted by molar-refractivity contribution is -0.120. The van der Waals surface area contributed by atoms with Crippen molar-refractivity contribution in [2.24, 2.45) is 5.92 Å². The summed E-state index contributed by atoms with van der Waals surface area (Å²) >= 11 is 0. The Kier molecular flexibility index (Phi) is 5.70. The molecule has 2 N–H and O–H groups in total. The van der Waals surface area contributed by atoms with Crippen LogP contribution in [0.1, 0.15) is 25.3 Å². The first-order valence-electron chi connectivity index (χ1n) is 6.11. The summed E-state index contributed by atoms with van der Waals surface area (Å²) in [7, 11) is 1.77. The van der Waals surface area contributed by atoms with Crippen molar-refractivity contribution in [2.45, 2.75) is 19.8 Å². The molecule has 1 unspecified atom stereocenters. The number of benzene rings is 1. The van der Waals surface area contributed by atoms with Crippen molar-refractivity contribution in [3.8, 4) is 0 Å². The van der Waals surface area contributed by atoms with Crippen molar-refractivity contribution >= 4 is 5.91 Å². The third-order valence-electron chi connectivity index (χ3n) is 2.89. The van der Waals surface area contributed by atoms with Gasteiger partial charge in [-0.2, -0.15) is 0 Å². The lowest BCUT2D eigenvalue weighted by Crippen LogP contribution is -2.35. The van der Waals surface area contributed by atoms with E-state index in [0.717, 1.165) is 0 Å². The largest absolute Gasteiger partial charge is 0.354 e. The SMILES string of the molecule is CNCC(=O)NCC(c1ccccc1)C(C)C. The van der Waals surface area contributed by atoms with Crippen molar-refractivity contribution in [3.63, 3.8) is 0 Å². The van der Waals surface area contributed by atoms with Crippen LogP contribution in [0.15, 0.2) is 30.3 Å². The Labute approximate surface area is 104 Å². The highest BCUT2D eigenvalue weighted by Crippen LogP contribution is 2.23. The van der Waals surface area contributed by atoms with Crippen LogP contribution in [0.2, 0.25) is 0 Å². The second kappa shape index (κ2) is 7.07. The summed E-state index contributed by atoms with van der Waals surface area (Å²) in [6, 6.07) is 10.3. The van der Waals surface area contributed by atoms with Gasteiger partial charge in [-0.1, -0.05) is 44.2 Å². The van der Waals surface area contributed by atoms with Crippen molar-refractivity contribution in [1.82, 2.24) is 10.6 Å². The molecule has 1 aromatic rings. The number of nitrogens with one attached hydrogen (secondary N) is 2. The van der Waals surface area contributed by atoms with Crippen LogP contribution in [0, 0.1) is 5.92 Å². The number of carbonyl (C=O) groups is 1. The molecule has 0 spiro atoms. The first-order valence-corrected chi connectivity index (χ1v) is 6.11. The summed E-state index contributed by atoms with van der Waals surface area (Å²) in [5.41, 5.74) is 1.28. The van der Waals surface area contributed by atoms with Crippen molar-refractivity contribution in [2.75, 3.05) is 20.1 Å². The summed E-state index contributed by atoms with van der Waals surface area (Å²) in [5.74, 6) is 0.929. The number of hydrogen-bond donors (Lipinski definition) is 2. The quantitative estimate of drug-likeness (QED) is 0.787. The lowest BCUT2D eigenvalue weighted by Gasteiger charge is -2.21. The summed E-state index contributed by atoms with van der Waals surface area (Å²) in [6.07, 6.45) is 0. The third-order valence-corrected chi connectivity index (χ3v) is 2.89. The predicted molar refractivity (Wildman–Crippen MR) is 71.0 cm³/mol. The van der Waals surface area contributed by atoms with E-state index in [1.807, 2.05) is 18.2 Å². The molecule has 0 bridgehead atoms. The molecule has 0 fully saturated rings. The predicted octanol–water partition coefficient (Wildman–Crippen LogP) is 1.76. The fourth-order valence-corrected chi connectivity index (χ4v) is 1.89. The summed E-state index contributed by atoms with van der Waals surface area (Å²) in [5, 5.41) is 5.81. The molecule has 0 aliphatic rings. The van der Waals surface area contributed by atoms with Gasteiger partial charge in [-0.3, -0.25) is 4.79 Å². The van der Waals surface area contributed by atoms with Gasteiger partial charge in [-0.25, -0.2) is 0 Å². The highest BCUT2D eigenvalue weighted by Gasteiger charge is 2.16.